The molecule has 1 aliphatic heterocycles. The van der Waals surface area contributed by atoms with E-state index in [-0.39, 0.29) is 6.04 Å². The van der Waals surface area contributed by atoms with E-state index in [0.29, 0.717) is 22.3 Å². The van der Waals surface area contributed by atoms with Gasteiger partial charge in [-0.05, 0) is 41.3 Å². The lowest BCUT2D eigenvalue weighted by Crippen LogP contribution is -2.35. The Morgan fingerprint density at radius 1 is 1.12 bits per heavy atom. The first-order valence-electron chi connectivity index (χ1n) is 11.0. The molecular weight excluding hydrogens is 467 g/mol. The maximum atomic E-state index is 6.57. The van der Waals surface area contributed by atoms with E-state index in [1.807, 2.05) is 30.3 Å². The normalized spacial score (nSPS) is 16.1. The Kier molecular flexibility index (Phi) is 6.39. The minimum atomic E-state index is -0.0106. The summed E-state index contributed by atoms with van der Waals surface area (Å²) in [6.07, 6.45) is 0.941. The van der Waals surface area contributed by atoms with Crippen LogP contribution < -0.4 is 11.4 Å². The molecule has 2 heterocycles. The molecule has 0 bridgehead atoms. The van der Waals surface area contributed by atoms with Gasteiger partial charge in [0.15, 0.2) is 0 Å². The SMILES string of the molecule is C=C(/N=N\NN)c1cccc(C2c3[nH]c4ccccc4c3CCN2Cc2cccc(Cl)c2Cl)c1. The molecule has 1 atom stereocenters. The Morgan fingerprint density at radius 3 is 2.79 bits per heavy atom. The number of aromatic amines is 1. The predicted octanol–water partition coefficient (Wildman–Crippen LogP) is 6.42. The second kappa shape index (κ2) is 9.60. The summed E-state index contributed by atoms with van der Waals surface area (Å²) in [6, 6.07) is 22.5. The van der Waals surface area contributed by atoms with Crippen molar-refractivity contribution >= 4 is 39.8 Å². The number of benzene rings is 3. The molecular formula is C26H24Cl2N6. The summed E-state index contributed by atoms with van der Waals surface area (Å²) in [7, 11) is 0. The monoisotopic (exact) mass is 490 g/mol. The fourth-order valence-electron chi connectivity index (χ4n) is 4.76. The molecule has 4 aromatic rings. The number of nitrogens with zero attached hydrogens (tertiary/aromatic N) is 3. The molecule has 1 aromatic heterocycles. The van der Waals surface area contributed by atoms with Gasteiger partial charge in [0.2, 0.25) is 0 Å². The van der Waals surface area contributed by atoms with Crippen molar-refractivity contribution in [1.29, 1.82) is 0 Å². The van der Waals surface area contributed by atoms with Crippen LogP contribution in [0.1, 0.15) is 34.0 Å². The molecule has 1 unspecified atom stereocenters. The molecule has 4 N–H and O–H groups in total. The minimum Gasteiger partial charge on any atom is -0.357 e. The third kappa shape index (κ3) is 4.21. The van der Waals surface area contributed by atoms with E-state index in [9.17, 15) is 0 Å². The van der Waals surface area contributed by atoms with Crippen LogP contribution in [-0.2, 0) is 13.0 Å². The van der Waals surface area contributed by atoms with Crippen LogP contribution in [0.15, 0.2) is 83.6 Å². The van der Waals surface area contributed by atoms with Gasteiger partial charge >= 0.3 is 0 Å². The third-order valence-electron chi connectivity index (χ3n) is 6.30. The molecule has 0 saturated carbocycles. The average Bonchev–Trinajstić information content (AvgIpc) is 3.24. The summed E-state index contributed by atoms with van der Waals surface area (Å²) < 4.78 is 0. The van der Waals surface area contributed by atoms with Gasteiger partial charge in [0, 0.05) is 35.2 Å². The largest absolute Gasteiger partial charge is 0.357 e. The summed E-state index contributed by atoms with van der Waals surface area (Å²) in [5, 5.41) is 10.1. The van der Waals surface area contributed by atoms with Crippen LogP contribution in [0.5, 0.6) is 0 Å². The van der Waals surface area contributed by atoms with E-state index in [2.05, 4.69) is 68.7 Å². The Morgan fingerprint density at radius 2 is 1.94 bits per heavy atom. The number of hydrazine groups is 1. The van der Waals surface area contributed by atoms with E-state index in [1.165, 1.54) is 16.6 Å². The van der Waals surface area contributed by atoms with Gasteiger partial charge in [0.05, 0.1) is 21.8 Å². The van der Waals surface area contributed by atoms with Crippen LogP contribution in [0.25, 0.3) is 16.6 Å². The smallest absolute Gasteiger partial charge is 0.0875 e. The average molecular weight is 491 g/mol. The zero-order chi connectivity index (χ0) is 23.7. The molecule has 5 rings (SSSR count). The molecule has 0 fully saturated rings. The van der Waals surface area contributed by atoms with Crippen molar-refractivity contribution in [3.8, 4) is 0 Å². The maximum absolute atomic E-state index is 6.57. The van der Waals surface area contributed by atoms with Crippen molar-refractivity contribution in [2.24, 2.45) is 16.2 Å². The highest BCUT2D eigenvalue weighted by Crippen LogP contribution is 2.40. The lowest BCUT2D eigenvalue weighted by molar-refractivity contribution is 0.202. The van der Waals surface area contributed by atoms with E-state index < -0.39 is 0 Å². The molecule has 1 aliphatic rings. The van der Waals surface area contributed by atoms with E-state index in [1.54, 1.807) is 0 Å². The fraction of sp³-hybridized carbons (Fsp3) is 0.154. The minimum absolute atomic E-state index is 0.0106. The summed E-state index contributed by atoms with van der Waals surface area (Å²) in [6.45, 7) is 5.57. The van der Waals surface area contributed by atoms with E-state index in [0.717, 1.165) is 35.2 Å². The number of para-hydroxylation sites is 1. The van der Waals surface area contributed by atoms with E-state index in [4.69, 9.17) is 29.0 Å². The zero-order valence-corrected chi connectivity index (χ0v) is 19.9. The quantitative estimate of drug-likeness (QED) is 0.165. The Bertz CT molecular complexity index is 1390. The zero-order valence-electron chi connectivity index (χ0n) is 18.4. The van der Waals surface area contributed by atoms with Crippen molar-refractivity contribution in [1.82, 2.24) is 15.4 Å². The molecule has 0 radical (unpaired) electrons. The summed E-state index contributed by atoms with van der Waals surface area (Å²) in [5.41, 5.74) is 9.39. The number of nitrogens with two attached hydrogens (primary N) is 1. The van der Waals surface area contributed by atoms with Crippen molar-refractivity contribution in [3.63, 3.8) is 0 Å². The number of fused-ring (bicyclic) bond motifs is 3. The number of aromatic nitrogens is 1. The van der Waals surface area contributed by atoms with Crippen LogP contribution >= 0.6 is 23.2 Å². The van der Waals surface area contributed by atoms with Crippen molar-refractivity contribution in [3.05, 3.63) is 111 Å². The van der Waals surface area contributed by atoms with Crippen LogP contribution in [0.2, 0.25) is 10.0 Å². The predicted molar refractivity (Wildman–Crippen MR) is 138 cm³/mol. The van der Waals surface area contributed by atoms with Crippen molar-refractivity contribution < 1.29 is 0 Å². The molecule has 6 nitrogen and oxygen atoms in total. The van der Waals surface area contributed by atoms with Gasteiger partial charge in [-0.1, -0.05) is 83.5 Å². The summed E-state index contributed by atoms with van der Waals surface area (Å²) in [5.74, 6) is 5.22. The number of nitrogens with one attached hydrogen (secondary N) is 2. The highest BCUT2D eigenvalue weighted by atomic mass is 35.5. The summed E-state index contributed by atoms with van der Waals surface area (Å²) >= 11 is 12.9. The number of hydrogen-bond acceptors (Lipinski definition) is 4. The van der Waals surface area contributed by atoms with Gasteiger partial charge in [-0.3, -0.25) is 4.90 Å². The molecule has 172 valence electrons. The van der Waals surface area contributed by atoms with Gasteiger partial charge in [0.25, 0.3) is 0 Å². The number of rotatable bonds is 6. The maximum Gasteiger partial charge on any atom is 0.0875 e. The second-order valence-electron chi connectivity index (χ2n) is 8.30. The van der Waals surface area contributed by atoms with Gasteiger partial charge < -0.3 is 4.98 Å². The topological polar surface area (TPSA) is 81.8 Å². The first-order valence-corrected chi connectivity index (χ1v) is 11.7. The first kappa shape index (κ1) is 22.6. The molecule has 8 heteroatoms. The highest BCUT2D eigenvalue weighted by Gasteiger charge is 2.32. The highest BCUT2D eigenvalue weighted by molar-refractivity contribution is 6.42. The molecule has 0 aliphatic carbocycles. The lowest BCUT2D eigenvalue weighted by Gasteiger charge is -2.36. The summed E-state index contributed by atoms with van der Waals surface area (Å²) in [4.78, 5) is 6.13. The van der Waals surface area contributed by atoms with E-state index >= 15 is 0 Å². The molecule has 3 aromatic carbocycles. The number of halogens is 2. The standard InChI is InChI=1S/C26H24Cl2N6/c1-16(31-33-32-29)17-6-4-7-18(14-17)26-25-21(20-9-2-3-11-23(20)30-25)12-13-34(26)15-19-8-5-10-22(27)24(19)28/h2-11,14,26,30H,1,12-13,15H2,(H2,29,33)(H,31,32). The van der Waals surface area contributed by atoms with Crippen LogP contribution in [-0.4, -0.2) is 16.4 Å². The fourth-order valence-corrected chi connectivity index (χ4v) is 5.14. The van der Waals surface area contributed by atoms with Gasteiger partial charge in [0.1, 0.15) is 0 Å². The first-order chi connectivity index (χ1) is 16.6. The number of H-pyrrole nitrogens is 1. The van der Waals surface area contributed by atoms with Crippen LogP contribution in [0, 0.1) is 0 Å². The molecule has 0 spiro atoms. The Labute approximate surface area is 208 Å². The van der Waals surface area contributed by atoms with Crippen molar-refractivity contribution in [2.75, 3.05) is 6.54 Å². The van der Waals surface area contributed by atoms with Crippen LogP contribution in [0.3, 0.4) is 0 Å². The van der Waals surface area contributed by atoms with Gasteiger partial charge in [-0.15, -0.1) is 5.11 Å². The lowest BCUT2D eigenvalue weighted by atomic mass is 9.91. The van der Waals surface area contributed by atoms with Crippen molar-refractivity contribution in [2.45, 2.75) is 19.0 Å². The Hall–Kier alpha value is -3.16. The molecule has 0 amide bonds. The van der Waals surface area contributed by atoms with Crippen LogP contribution in [0.4, 0.5) is 0 Å². The number of hydrogen-bond donors (Lipinski definition) is 3. The molecule has 0 saturated heterocycles. The van der Waals surface area contributed by atoms with Gasteiger partial charge in [-0.2, -0.15) is 0 Å². The third-order valence-corrected chi connectivity index (χ3v) is 7.16. The Balaban J connectivity index is 1.61. The molecule has 34 heavy (non-hydrogen) atoms. The van der Waals surface area contributed by atoms with Gasteiger partial charge in [-0.25, -0.2) is 11.4 Å². The second-order valence-corrected chi connectivity index (χ2v) is 9.09.